The van der Waals surface area contributed by atoms with Gasteiger partial charge in [0.05, 0.1) is 5.69 Å². The topological polar surface area (TPSA) is 53.4 Å². The zero-order valence-corrected chi connectivity index (χ0v) is 17.0. The molecule has 146 valence electrons. The summed E-state index contributed by atoms with van der Waals surface area (Å²) in [6, 6.07) is 8.35. The van der Waals surface area contributed by atoms with E-state index in [1.165, 1.54) is 5.69 Å². The molecule has 2 aromatic rings. The van der Waals surface area contributed by atoms with E-state index in [-0.39, 0.29) is 5.91 Å². The summed E-state index contributed by atoms with van der Waals surface area (Å²) in [6.45, 7) is 14.3. The van der Waals surface area contributed by atoms with Gasteiger partial charge in [0, 0.05) is 56.2 Å². The Morgan fingerprint density at radius 3 is 2.44 bits per heavy atom. The predicted molar refractivity (Wildman–Crippen MR) is 110 cm³/mol. The Labute approximate surface area is 162 Å². The monoisotopic (exact) mass is 369 g/mol. The SMILES string of the molecule is CCN1CCN(c2ccc(NC(=O)CCn3nc(C)cc3C)c(C)c2)CC1. The molecule has 6 nitrogen and oxygen atoms in total. The van der Waals surface area contributed by atoms with Crippen LogP contribution in [-0.2, 0) is 11.3 Å². The number of hydrogen-bond acceptors (Lipinski definition) is 4. The zero-order valence-electron chi connectivity index (χ0n) is 17.0. The Hall–Kier alpha value is -2.34. The van der Waals surface area contributed by atoms with Crippen LogP contribution >= 0.6 is 0 Å². The fourth-order valence-corrected chi connectivity index (χ4v) is 3.63. The summed E-state index contributed by atoms with van der Waals surface area (Å²) < 4.78 is 1.89. The van der Waals surface area contributed by atoms with Crippen molar-refractivity contribution < 1.29 is 4.79 Å². The fraction of sp³-hybridized carbons (Fsp3) is 0.524. The number of benzene rings is 1. The summed E-state index contributed by atoms with van der Waals surface area (Å²) >= 11 is 0. The highest BCUT2D eigenvalue weighted by atomic mass is 16.1. The molecule has 0 saturated carbocycles. The molecular weight excluding hydrogens is 338 g/mol. The minimum absolute atomic E-state index is 0.0231. The van der Waals surface area contributed by atoms with Crippen molar-refractivity contribution in [2.75, 3.05) is 42.9 Å². The third kappa shape index (κ3) is 4.89. The summed E-state index contributed by atoms with van der Waals surface area (Å²) in [5.74, 6) is 0.0231. The standard InChI is InChI=1S/C21H31N5O/c1-5-24-10-12-25(13-11-24)19-6-7-20(16(2)14-19)22-21(27)8-9-26-18(4)15-17(3)23-26/h6-7,14-15H,5,8-13H2,1-4H3,(H,22,27). The molecule has 1 amide bonds. The van der Waals surface area contributed by atoms with Gasteiger partial charge in [-0.05, 0) is 57.1 Å². The van der Waals surface area contributed by atoms with Crippen LogP contribution in [0.25, 0.3) is 0 Å². The van der Waals surface area contributed by atoms with Crippen molar-refractivity contribution in [2.45, 2.75) is 40.7 Å². The average Bonchev–Trinajstić information content (AvgIpc) is 2.99. The Bertz CT molecular complexity index is 790. The lowest BCUT2D eigenvalue weighted by Crippen LogP contribution is -2.46. The molecule has 27 heavy (non-hydrogen) atoms. The number of hydrogen-bond donors (Lipinski definition) is 1. The third-order valence-corrected chi connectivity index (χ3v) is 5.32. The lowest BCUT2D eigenvalue weighted by Gasteiger charge is -2.35. The lowest BCUT2D eigenvalue weighted by atomic mass is 10.1. The molecule has 1 aromatic carbocycles. The van der Waals surface area contributed by atoms with Crippen LogP contribution in [0.15, 0.2) is 24.3 Å². The van der Waals surface area contributed by atoms with Crippen molar-refractivity contribution in [3.8, 4) is 0 Å². The van der Waals surface area contributed by atoms with Gasteiger partial charge >= 0.3 is 0 Å². The van der Waals surface area contributed by atoms with Gasteiger partial charge in [0.15, 0.2) is 0 Å². The average molecular weight is 370 g/mol. The van der Waals surface area contributed by atoms with Crippen LogP contribution in [0.4, 0.5) is 11.4 Å². The lowest BCUT2D eigenvalue weighted by molar-refractivity contribution is -0.116. The van der Waals surface area contributed by atoms with Crippen molar-refractivity contribution in [1.29, 1.82) is 0 Å². The second-order valence-corrected chi connectivity index (χ2v) is 7.37. The van der Waals surface area contributed by atoms with E-state index in [9.17, 15) is 4.79 Å². The molecule has 2 heterocycles. The zero-order chi connectivity index (χ0) is 19.4. The molecule has 0 unspecified atom stereocenters. The Kier molecular flexibility index (Phi) is 6.16. The first-order chi connectivity index (χ1) is 13.0. The molecule has 0 radical (unpaired) electrons. The Morgan fingerprint density at radius 1 is 1.11 bits per heavy atom. The molecule has 1 aliphatic heterocycles. The van der Waals surface area contributed by atoms with Crippen molar-refractivity contribution in [2.24, 2.45) is 0 Å². The first-order valence-corrected chi connectivity index (χ1v) is 9.85. The van der Waals surface area contributed by atoms with Gasteiger partial charge in [-0.3, -0.25) is 9.48 Å². The summed E-state index contributed by atoms with van der Waals surface area (Å²) in [6.07, 6.45) is 0.419. The van der Waals surface area contributed by atoms with Gasteiger partial charge in [0.2, 0.25) is 5.91 Å². The molecule has 1 saturated heterocycles. The van der Waals surface area contributed by atoms with Crippen molar-refractivity contribution in [3.05, 3.63) is 41.2 Å². The molecular formula is C21H31N5O. The summed E-state index contributed by atoms with van der Waals surface area (Å²) in [4.78, 5) is 17.2. The smallest absolute Gasteiger partial charge is 0.226 e. The van der Waals surface area contributed by atoms with E-state index < -0.39 is 0 Å². The molecule has 0 bridgehead atoms. The number of carbonyl (C=O) groups excluding carboxylic acids is 1. The number of amides is 1. The normalized spacial score (nSPS) is 15.2. The molecule has 1 aliphatic rings. The predicted octanol–water partition coefficient (Wildman–Crippen LogP) is 2.98. The van der Waals surface area contributed by atoms with Crippen LogP contribution in [0.5, 0.6) is 0 Å². The Balaban J connectivity index is 1.56. The maximum atomic E-state index is 12.3. The quantitative estimate of drug-likeness (QED) is 0.851. The molecule has 6 heteroatoms. The first kappa shape index (κ1) is 19.4. The van der Waals surface area contributed by atoms with E-state index in [0.717, 1.165) is 55.4 Å². The van der Waals surface area contributed by atoms with Crippen molar-refractivity contribution in [1.82, 2.24) is 14.7 Å². The maximum Gasteiger partial charge on any atom is 0.226 e. The third-order valence-electron chi connectivity index (χ3n) is 5.32. The number of rotatable bonds is 6. The van der Waals surface area contributed by atoms with E-state index in [1.807, 2.05) is 30.7 Å². The second-order valence-electron chi connectivity index (χ2n) is 7.37. The van der Waals surface area contributed by atoms with Gasteiger partial charge in [-0.25, -0.2) is 0 Å². The van der Waals surface area contributed by atoms with Crippen LogP contribution in [0.3, 0.4) is 0 Å². The number of likely N-dealkylation sites (N-methyl/N-ethyl adjacent to an activating group) is 1. The highest BCUT2D eigenvalue weighted by Gasteiger charge is 2.16. The molecule has 0 aliphatic carbocycles. The first-order valence-electron chi connectivity index (χ1n) is 9.85. The number of aryl methyl sites for hydroxylation is 4. The molecule has 1 fully saturated rings. The van der Waals surface area contributed by atoms with Crippen LogP contribution in [-0.4, -0.2) is 53.3 Å². The summed E-state index contributed by atoms with van der Waals surface area (Å²) in [7, 11) is 0. The molecule has 1 N–H and O–H groups in total. The number of aromatic nitrogens is 2. The van der Waals surface area contributed by atoms with Gasteiger partial charge in [-0.15, -0.1) is 0 Å². The fourth-order valence-electron chi connectivity index (χ4n) is 3.63. The highest BCUT2D eigenvalue weighted by Crippen LogP contribution is 2.24. The van der Waals surface area contributed by atoms with Crippen LogP contribution in [0.1, 0.15) is 30.3 Å². The second kappa shape index (κ2) is 8.57. The van der Waals surface area contributed by atoms with E-state index in [0.29, 0.717) is 13.0 Å². The van der Waals surface area contributed by atoms with Gasteiger partial charge < -0.3 is 15.1 Å². The van der Waals surface area contributed by atoms with Crippen LogP contribution in [0, 0.1) is 20.8 Å². The van der Waals surface area contributed by atoms with Crippen molar-refractivity contribution in [3.63, 3.8) is 0 Å². The van der Waals surface area contributed by atoms with Crippen LogP contribution in [0.2, 0.25) is 0 Å². The number of carbonyl (C=O) groups is 1. The maximum absolute atomic E-state index is 12.3. The van der Waals surface area contributed by atoms with Gasteiger partial charge in [0.25, 0.3) is 0 Å². The van der Waals surface area contributed by atoms with E-state index >= 15 is 0 Å². The largest absolute Gasteiger partial charge is 0.369 e. The Morgan fingerprint density at radius 2 is 1.85 bits per heavy atom. The molecule has 0 spiro atoms. The highest BCUT2D eigenvalue weighted by molar-refractivity contribution is 5.91. The number of anilines is 2. The van der Waals surface area contributed by atoms with Gasteiger partial charge in [0.1, 0.15) is 0 Å². The molecule has 3 rings (SSSR count). The van der Waals surface area contributed by atoms with E-state index in [1.54, 1.807) is 0 Å². The minimum Gasteiger partial charge on any atom is -0.369 e. The van der Waals surface area contributed by atoms with Gasteiger partial charge in [-0.1, -0.05) is 6.92 Å². The van der Waals surface area contributed by atoms with E-state index in [2.05, 4.69) is 46.2 Å². The van der Waals surface area contributed by atoms with Gasteiger partial charge in [-0.2, -0.15) is 5.10 Å². The molecule has 0 atom stereocenters. The van der Waals surface area contributed by atoms with Crippen LogP contribution < -0.4 is 10.2 Å². The minimum atomic E-state index is 0.0231. The number of nitrogens with zero attached hydrogens (tertiary/aromatic N) is 4. The van der Waals surface area contributed by atoms with Crippen molar-refractivity contribution >= 4 is 17.3 Å². The summed E-state index contributed by atoms with van der Waals surface area (Å²) in [5.41, 5.74) is 5.31. The molecule has 1 aromatic heterocycles. The number of nitrogens with one attached hydrogen (secondary N) is 1. The summed E-state index contributed by atoms with van der Waals surface area (Å²) in [5, 5.41) is 7.46. The number of piperazine rings is 1. The van der Waals surface area contributed by atoms with E-state index in [4.69, 9.17) is 0 Å².